The molecule has 0 amide bonds. The molecular formula is C22H23N3. The normalized spacial score (nSPS) is 10.9. The average Bonchev–Trinajstić information content (AvgIpc) is 2.68. The number of rotatable bonds is 7. The van der Waals surface area contributed by atoms with E-state index in [0.717, 1.165) is 24.3 Å². The number of hydrogen-bond acceptors (Lipinski definition) is 3. The van der Waals surface area contributed by atoms with Gasteiger partial charge in [0.05, 0.1) is 11.9 Å². The van der Waals surface area contributed by atoms with Crippen molar-refractivity contribution in [2.24, 2.45) is 5.10 Å². The molecule has 0 unspecified atom stereocenters. The highest BCUT2D eigenvalue weighted by molar-refractivity contribution is 5.80. The fourth-order valence-corrected chi connectivity index (χ4v) is 2.53. The molecule has 3 heteroatoms. The second-order valence-electron chi connectivity index (χ2n) is 5.93. The minimum absolute atomic E-state index is 0.857. The van der Waals surface area contributed by atoms with Crippen molar-refractivity contribution < 1.29 is 0 Å². The minimum atomic E-state index is 0.857. The van der Waals surface area contributed by atoms with Crippen LogP contribution in [0.25, 0.3) is 0 Å². The number of nitrogens with zero attached hydrogens (tertiary/aromatic N) is 2. The molecule has 3 aromatic carbocycles. The molecular weight excluding hydrogens is 306 g/mol. The van der Waals surface area contributed by atoms with E-state index in [0.29, 0.717) is 0 Å². The summed E-state index contributed by atoms with van der Waals surface area (Å²) in [5, 5.41) is 9.83. The molecule has 0 spiro atoms. The number of anilines is 1. The van der Waals surface area contributed by atoms with E-state index in [2.05, 4.69) is 58.9 Å². The topological polar surface area (TPSA) is 27.6 Å². The molecule has 0 bridgehead atoms. The second kappa shape index (κ2) is 8.81. The van der Waals surface area contributed by atoms with E-state index in [-0.39, 0.29) is 0 Å². The Morgan fingerprint density at radius 3 is 1.96 bits per heavy atom. The summed E-state index contributed by atoms with van der Waals surface area (Å²) >= 11 is 0. The maximum Gasteiger partial charge on any atom is 0.0590 e. The van der Waals surface area contributed by atoms with Gasteiger partial charge in [0.25, 0.3) is 0 Å². The Labute approximate surface area is 149 Å². The second-order valence-corrected chi connectivity index (χ2v) is 5.93. The Balaban J connectivity index is 1.51. The summed E-state index contributed by atoms with van der Waals surface area (Å²) in [5.74, 6) is 0. The monoisotopic (exact) mass is 329 g/mol. The Bertz CT molecular complexity index is 781. The fraction of sp³-hybridized carbons (Fsp3) is 0.136. The summed E-state index contributed by atoms with van der Waals surface area (Å²) < 4.78 is 0. The molecule has 0 aliphatic carbocycles. The Morgan fingerprint density at radius 1 is 0.760 bits per heavy atom. The molecule has 126 valence electrons. The van der Waals surface area contributed by atoms with Gasteiger partial charge in [0, 0.05) is 20.1 Å². The van der Waals surface area contributed by atoms with Gasteiger partial charge in [0.1, 0.15) is 0 Å². The molecule has 0 fully saturated rings. The van der Waals surface area contributed by atoms with Gasteiger partial charge in [-0.2, -0.15) is 5.10 Å². The van der Waals surface area contributed by atoms with E-state index in [1.807, 2.05) is 54.7 Å². The molecule has 3 rings (SSSR count). The van der Waals surface area contributed by atoms with Gasteiger partial charge in [-0.3, -0.25) is 5.01 Å². The lowest BCUT2D eigenvalue weighted by Gasteiger charge is -2.12. The number of nitrogens with one attached hydrogen (secondary N) is 1. The van der Waals surface area contributed by atoms with Gasteiger partial charge in [0.2, 0.25) is 0 Å². The molecule has 0 aliphatic heterocycles. The zero-order valence-electron chi connectivity index (χ0n) is 14.5. The predicted octanol–water partition coefficient (Wildman–Crippen LogP) is 4.45. The highest BCUT2D eigenvalue weighted by Crippen LogP contribution is 2.11. The highest BCUT2D eigenvalue weighted by atomic mass is 15.4. The Kier molecular flexibility index (Phi) is 5.96. The van der Waals surface area contributed by atoms with Crippen LogP contribution in [0.3, 0.4) is 0 Å². The van der Waals surface area contributed by atoms with Crippen LogP contribution >= 0.6 is 0 Å². The highest BCUT2D eigenvalue weighted by Gasteiger charge is 1.97. The first-order valence-electron chi connectivity index (χ1n) is 8.47. The molecule has 0 saturated heterocycles. The molecule has 0 saturated carbocycles. The molecule has 0 atom stereocenters. The third kappa shape index (κ3) is 5.30. The summed E-state index contributed by atoms with van der Waals surface area (Å²) in [6, 6.07) is 29.0. The number of hydrogen-bond donors (Lipinski definition) is 1. The van der Waals surface area contributed by atoms with Crippen LogP contribution in [-0.4, -0.2) is 13.3 Å². The molecule has 0 aliphatic rings. The number of benzene rings is 3. The van der Waals surface area contributed by atoms with Crippen molar-refractivity contribution in [3.05, 3.63) is 102 Å². The van der Waals surface area contributed by atoms with Crippen molar-refractivity contribution >= 4 is 11.9 Å². The third-order valence-electron chi connectivity index (χ3n) is 3.99. The van der Waals surface area contributed by atoms with Gasteiger partial charge in [-0.1, -0.05) is 72.8 Å². The van der Waals surface area contributed by atoms with E-state index in [1.54, 1.807) is 0 Å². The number of para-hydroxylation sites is 1. The van der Waals surface area contributed by atoms with Crippen LogP contribution < -0.4 is 10.3 Å². The first-order valence-corrected chi connectivity index (χ1v) is 8.47. The lowest BCUT2D eigenvalue weighted by atomic mass is 10.1. The van der Waals surface area contributed by atoms with E-state index in [1.165, 1.54) is 11.1 Å². The number of hydrazone groups is 1. The average molecular weight is 329 g/mol. The van der Waals surface area contributed by atoms with Crippen LogP contribution in [0.1, 0.15) is 16.7 Å². The molecule has 0 heterocycles. The molecule has 0 radical (unpaired) electrons. The van der Waals surface area contributed by atoms with Crippen molar-refractivity contribution in [1.29, 1.82) is 0 Å². The Hall–Kier alpha value is -2.91. The van der Waals surface area contributed by atoms with E-state index in [9.17, 15) is 0 Å². The largest absolute Gasteiger partial charge is 0.309 e. The Morgan fingerprint density at radius 2 is 1.32 bits per heavy atom. The third-order valence-corrected chi connectivity index (χ3v) is 3.99. The molecule has 0 aromatic heterocycles. The van der Waals surface area contributed by atoms with Crippen LogP contribution in [0.4, 0.5) is 5.69 Å². The van der Waals surface area contributed by atoms with Gasteiger partial charge in [-0.05, 0) is 28.8 Å². The summed E-state index contributed by atoms with van der Waals surface area (Å²) in [6.07, 6.45) is 1.88. The summed E-state index contributed by atoms with van der Waals surface area (Å²) in [5.41, 5.74) is 4.73. The summed E-state index contributed by atoms with van der Waals surface area (Å²) in [7, 11) is 1.95. The predicted molar refractivity (Wildman–Crippen MR) is 106 cm³/mol. The van der Waals surface area contributed by atoms with Crippen molar-refractivity contribution in [3.8, 4) is 0 Å². The molecule has 25 heavy (non-hydrogen) atoms. The first-order chi connectivity index (χ1) is 12.3. The lowest BCUT2D eigenvalue weighted by Crippen LogP contribution is -2.12. The van der Waals surface area contributed by atoms with Crippen molar-refractivity contribution in [2.45, 2.75) is 13.1 Å². The minimum Gasteiger partial charge on any atom is -0.309 e. The van der Waals surface area contributed by atoms with Crippen LogP contribution in [-0.2, 0) is 13.1 Å². The summed E-state index contributed by atoms with van der Waals surface area (Å²) in [6.45, 7) is 1.74. The van der Waals surface area contributed by atoms with E-state index in [4.69, 9.17) is 0 Å². The lowest BCUT2D eigenvalue weighted by molar-refractivity contribution is 0.693. The smallest absolute Gasteiger partial charge is 0.0590 e. The summed E-state index contributed by atoms with van der Waals surface area (Å²) in [4.78, 5) is 0. The standard InChI is InChI=1S/C22H23N3/c1-25(22-10-6-3-7-11-22)24-18-21-14-12-20(13-15-21)17-23-16-19-8-4-2-5-9-19/h2-15,18,23H,16-17H2,1H3/b24-18+. The van der Waals surface area contributed by atoms with Gasteiger partial charge in [-0.15, -0.1) is 0 Å². The van der Waals surface area contributed by atoms with Crippen molar-refractivity contribution in [3.63, 3.8) is 0 Å². The molecule has 3 nitrogen and oxygen atoms in total. The first kappa shape index (κ1) is 16.9. The van der Waals surface area contributed by atoms with Crippen molar-refractivity contribution in [2.75, 3.05) is 12.1 Å². The van der Waals surface area contributed by atoms with Gasteiger partial charge in [-0.25, -0.2) is 0 Å². The maximum absolute atomic E-state index is 4.49. The fourth-order valence-electron chi connectivity index (χ4n) is 2.53. The van der Waals surface area contributed by atoms with E-state index < -0.39 is 0 Å². The van der Waals surface area contributed by atoms with Crippen LogP contribution in [0.2, 0.25) is 0 Å². The van der Waals surface area contributed by atoms with E-state index >= 15 is 0 Å². The molecule has 3 aromatic rings. The van der Waals surface area contributed by atoms with Crippen LogP contribution in [0.15, 0.2) is 90.0 Å². The molecule has 1 N–H and O–H groups in total. The van der Waals surface area contributed by atoms with Crippen LogP contribution in [0.5, 0.6) is 0 Å². The van der Waals surface area contributed by atoms with Crippen molar-refractivity contribution in [1.82, 2.24) is 5.32 Å². The SMILES string of the molecule is CN(/N=C/c1ccc(CNCc2ccccc2)cc1)c1ccccc1. The zero-order chi connectivity index (χ0) is 17.3. The van der Waals surface area contributed by atoms with Gasteiger partial charge < -0.3 is 5.32 Å². The van der Waals surface area contributed by atoms with Crippen LogP contribution in [0, 0.1) is 0 Å². The van der Waals surface area contributed by atoms with Gasteiger partial charge >= 0.3 is 0 Å². The quantitative estimate of drug-likeness (QED) is 0.512. The maximum atomic E-state index is 4.49. The zero-order valence-corrected chi connectivity index (χ0v) is 14.5. The van der Waals surface area contributed by atoms with Gasteiger partial charge in [0.15, 0.2) is 0 Å².